The zero-order valence-electron chi connectivity index (χ0n) is 10.7. The maximum atomic E-state index is 4.46. The fraction of sp³-hybridized carbons (Fsp3) is 0.400. The number of nitrogens with one attached hydrogen (secondary N) is 1. The average molecular weight is 258 g/mol. The standard InChI is InChI=1S/C15H18N2S/c1-11-17-15(10-18-11)9-16-8-12-5-6-13-3-2-4-14(13)7-12/h5-7,10,16H,2-4,8-9H2,1H3. The second-order valence-corrected chi connectivity index (χ2v) is 5.98. The van der Waals surface area contributed by atoms with Gasteiger partial charge in [-0.25, -0.2) is 4.98 Å². The number of thiazole rings is 1. The van der Waals surface area contributed by atoms with Gasteiger partial charge in [0.2, 0.25) is 0 Å². The van der Waals surface area contributed by atoms with Crippen molar-refractivity contribution >= 4 is 11.3 Å². The Kier molecular flexibility index (Phi) is 3.43. The van der Waals surface area contributed by atoms with Crippen LogP contribution >= 0.6 is 11.3 Å². The van der Waals surface area contributed by atoms with Gasteiger partial charge >= 0.3 is 0 Å². The third kappa shape index (κ3) is 2.62. The summed E-state index contributed by atoms with van der Waals surface area (Å²) < 4.78 is 0. The van der Waals surface area contributed by atoms with Crippen LogP contribution in [0.25, 0.3) is 0 Å². The van der Waals surface area contributed by atoms with Crippen molar-refractivity contribution < 1.29 is 0 Å². The van der Waals surface area contributed by atoms with E-state index in [9.17, 15) is 0 Å². The van der Waals surface area contributed by atoms with Gasteiger partial charge in [0.05, 0.1) is 10.7 Å². The first kappa shape index (κ1) is 11.9. The Morgan fingerprint density at radius 1 is 1.22 bits per heavy atom. The molecule has 0 fully saturated rings. The van der Waals surface area contributed by atoms with Crippen LogP contribution in [0.3, 0.4) is 0 Å². The molecule has 0 bridgehead atoms. The van der Waals surface area contributed by atoms with E-state index in [1.54, 1.807) is 22.5 Å². The van der Waals surface area contributed by atoms with Crippen LogP contribution < -0.4 is 5.32 Å². The molecule has 1 aliphatic rings. The van der Waals surface area contributed by atoms with Crippen molar-refractivity contribution in [3.8, 4) is 0 Å². The number of aromatic nitrogens is 1. The smallest absolute Gasteiger partial charge is 0.0897 e. The van der Waals surface area contributed by atoms with Crippen LogP contribution in [-0.2, 0) is 25.9 Å². The first-order valence-electron chi connectivity index (χ1n) is 6.54. The number of nitrogens with zero attached hydrogens (tertiary/aromatic N) is 1. The maximum Gasteiger partial charge on any atom is 0.0897 e. The SMILES string of the molecule is Cc1nc(CNCc2ccc3c(c2)CCC3)cs1. The van der Waals surface area contributed by atoms with E-state index in [0.717, 1.165) is 23.8 Å². The molecule has 0 radical (unpaired) electrons. The summed E-state index contributed by atoms with van der Waals surface area (Å²) >= 11 is 1.72. The fourth-order valence-corrected chi connectivity index (χ4v) is 3.17. The van der Waals surface area contributed by atoms with Crippen molar-refractivity contribution in [1.29, 1.82) is 0 Å². The number of hydrogen-bond donors (Lipinski definition) is 1. The molecule has 0 saturated heterocycles. The molecule has 3 heteroatoms. The van der Waals surface area contributed by atoms with Crippen LogP contribution in [0.4, 0.5) is 0 Å². The van der Waals surface area contributed by atoms with E-state index in [1.165, 1.54) is 24.8 Å². The van der Waals surface area contributed by atoms with Crippen LogP contribution in [0.1, 0.15) is 33.8 Å². The highest BCUT2D eigenvalue weighted by Crippen LogP contribution is 2.22. The predicted octanol–water partition coefficient (Wildman–Crippen LogP) is 3.23. The minimum atomic E-state index is 0.863. The lowest BCUT2D eigenvalue weighted by Gasteiger charge is -2.06. The number of fused-ring (bicyclic) bond motifs is 1. The normalized spacial score (nSPS) is 13.8. The molecule has 0 amide bonds. The van der Waals surface area contributed by atoms with Crippen molar-refractivity contribution in [1.82, 2.24) is 10.3 Å². The summed E-state index contributed by atoms with van der Waals surface area (Å²) in [6.45, 7) is 3.85. The summed E-state index contributed by atoms with van der Waals surface area (Å²) in [6.07, 6.45) is 3.85. The van der Waals surface area contributed by atoms with Crippen molar-refractivity contribution in [3.63, 3.8) is 0 Å². The molecule has 3 rings (SSSR count). The van der Waals surface area contributed by atoms with Gasteiger partial charge in [-0.3, -0.25) is 0 Å². The molecule has 0 saturated carbocycles. The van der Waals surface area contributed by atoms with Crippen LogP contribution in [-0.4, -0.2) is 4.98 Å². The Bertz CT molecular complexity index is 545. The van der Waals surface area contributed by atoms with Crippen LogP contribution in [0.5, 0.6) is 0 Å². The Balaban J connectivity index is 1.57. The van der Waals surface area contributed by atoms with Gasteiger partial charge in [-0.2, -0.15) is 0 Å². The summed E-state index contributed by atoms with van der Waals surface area (Å²) in [4.78, 5) is 4.46. The van der Waals surface area contributed by atoms with E-state index >= 15 is 0 Å². The van der Waals surface area contributed by atoms with Gasteiger partial charge < -0.3 is 5.32 Å². The summed E-state index contributed by atoms with van der Waals surface area (Å²) in [6, 6.07) is 6.91. The minimum absolute atomic E-state index is 0.863. The topological polar surface area (TPSA) is 24.9 Å². The molecule has 0 atom stereocenters. The molecular formula is C15H18N2S. The molecule has 2 nitrogen and oxygen atoms in total. The highest BCUT2D eigenvalue weighted by atomic mass is 32.1. The lowest BCUT2D eigenvalue weighted by Crippen LogP contribution is -2.13. The van der Waals surface area contributed by atoms with Crippen LogP contribution in [0, 0.1) is 6.92 Å². The molecule has 0 spiro atoms. The lowest BCUT2D eigenvalue weighted by atomic mass is 10.1. The lowest BCUT2D eigenvalue weighted by molar-refractivity contribution is 0.681. The first-order chi connectivity index (χ1) is 8.81. The van der Waals surface area contributed by atoms with Crippen molar-refractivity contribution in [2.75, 3.05) is 0 Å². The van der Waals surface area contributed by atoms with Gasteiger partial charge in [0.1, 0.15) is 0 Å². The van der Waals surface area contributed by atoms with E-state index in [1.807, 2.05) is 0 Å². The molecule has 1 N–H and O–H groups in total. The van der Waals surface area contributed by atoms with Gasteiger partial charge in [0.15, 0.2) is 0 Å². The zero-order valence-corrected chi connectivity index (χ0v) is 11.5. The number of aryl methyl sites for hydroxylation is 3. The molecule has 1 aliphatic carbocycles. The van der Waals surface area contributed by atoms with E-state index in [4.69, 9.17) is 0 Å². The Morgan fingerprint density at radius 2 is 2.11 bits per heavy atom. The van der Waals surface area contributed by atoms with Crippen molar-refractivity contribution in [3.05, 3.63) is 51.0 Å². The molecule has 2 aromatic rings. The molecule has 18 heavy (non-hydrogen) atoms. The molecule has 1 aromatic carbocycles. The monoisotopic (exact) mass is 258 g/mol. The van der Waals surface area contributed by atoms with Crippen molar-refractivity contribution in [2.45, 2.75) is 39.3 Å². The van der Waals surface area contributed by atoms with Gasteiger partial charge in [-0.05, 0) is 42.9 Å². The molecule has 0 aliphatic heterocycles. The van der Waals surface area contributed by atoms with Gasteiger partial charge in [-0.1, -0.05) is 18.2 Å². The van der Waals surface area contributed by atoms with E-state index in [2.05, 4.69) is 40.8 Å². The second-order valence-electron chi connectivity index (χ2n) is 4.92. The molecule has 94 valence electrons. The van der Waals surface area contributed by atoms with E-state index < -0.39 is 0 Å². The second kappa shape index (κ2) is 5.21. The summed E-state index contributed by atoms with van der Waals surface area (Å²) in [7, 11) is 0. The summed E-state index contributed by atoms with van der Waals surface area (Å²) in [5.41, 5.74) is 5.65. The Hall–Kier alpha value is -1.19. The third-order valence-corrected chi connectivity index (χ3v) is 4.29. The Labute approximate surface area is 112 Å². The zero-order chi connectivity index (χ0) is 12.4. The van der Waals surface area contributed by atoms with Gasteiger partial charge in [0.25, 0.3) is 0 Å². The first-order valence-corrected chi connectivity index (χ1v) is 7.41. The largest absolute Gasteiger partial charge is 0.307 e. The van der Waals surface area contributed by atoms with E-state index in [-0.39, 0.29) is 0 Å². The third-order valence-electron chi connectivity index (χ3n) is 3.46. The van der Waals surface area contributed by atoms with E-state index in [0.29, 0.717) is 0 Å². The Morgan fingerprint density at radius 3 is 2.94 bits per heavy atom. The highest BCUT2D eigenvalue weighted by molar-refractivity contribution is 7.09. The van der Waals surface area contributed by atoms with Crippen LogP contribution in [0.2, 0.25) is 0 Å². The predicted molar refractivity (Wildman–Crippen MR) is 75.9 cm³/mol. The number of rotatable bonds is 4. The van der Waals surface area contributed by atoms with Crippen LogP contribution in [0.15, 0.2) is 23.6 Å². The molecule has 0 unspecified atom stereocenters. The average Bonchev–Trinajstić information content (AvgIpc) is 2.97. The fourth-order valence-electron chi connectivity index (χ4n) is 2.56. The summed E-state index contributed by atoms with van der Waals surface area (Å²) in [5, 5.41) is 6.74. The molecule has 1 aromatic heterocycles. The molecular weight excluding hydrogens is 240 g/mol. The molecule has 1 heterocycles. The quantitative estimate of drug-likeness (QED) is 0.910. The number of benzene rings is 1. The maximum absolute atomic E-state index is 4.46. The van der Waals surface area contributed by atoms with Gasteiger partial charge in [0, 0.05) is 18.5 Å². The minimum Gasteiger partial charge on any atom is -0.307 e. The summed E-state index contributed by atoms with van der Waals surface area (Å²) in [5.74, 6) is 0. The van der Waals surface area contributed by atoms with Crippen molar-refractivity contribution in [2.24, 2.45) is 0 Å². The highest BCUT2D eigenvalue weighted by Gasteiger charge is 2.10. The van der Waals surface area contributed by atoms with Gasteiger partial charge in [-0.15, -0.1) is 11.3 Å². The number of hydrogen-bond acceptors (Lipinski definition) is 3.